The number of carbonyl (C=O) groups excluding carboxylic acids is 1. The number of methoxy groups -OCH3 is 1. The molecule has 0 aliphatic carbocycles. The van der Waals surface area contributed by atoms with Crippen molar-refractivity contribution in [3.8, 4) is 5.75 Å². The van der Waals surface area contributed by atoms with Crippen molar-refractivity contribution < 1.29 is 27.4 Å². The summed E-state index contributed by atoms with van der Waals surface area (Å²) in [7, 11) is 1.58. The first kappa shape index (κ1) is 19.1. The van der Waals surface area contributed by atoms with Crippen LogP contribution in [0.4, 0.5) is 18.0 Å². The average molecular weight is 334 g/mol. The van der Waals surface area contributed by atoms with Crippen LogP contribution in [0.25, 0.3) is 0 Å². The second-order valence-electron chi connectivity index (χ2n) is 4.77. The highest BCUT2D eigenvalue weighted by atomic mass is 19.4. The number of nitrogens with one attached hydrogen (secondary N) is 2. The molecule has 1 rings (SSSR count). The third-order valence-electron chi connectivity index (χ3n) is 2.89. The highest BCUT2D eigenvalue weighted by molar-refractivity contribution is 5.73. The number of rotatable bonds is 9. The summed E-state index contributed by atoms with van der Waals surface area (Å²) >= 11 is 0. The fourth-order valence-electron chi connectivity index (χ4n) is 1.85. The van der Waals surface area contributed by atoms with Gasteiger partial charge in [-0.15, -0.1) is 0 Å². The third-order valence-corrected chi connectivity index (χ3v) is 2.89. The molecule has 130 valence electrons. The van der Waals surface area contributed by atoms with Crippen LogP contribution in [0.2, 0.25) is 0 Å². The fraction of sp³-hybridized carbons (Fsp3) is 0.533. The predicted octanol–water partition coefficient (Wildman–Crippen LogP) is 2.51. The highest BCUT2D eigenvalue weighted by Gasteiger charge is 2.27. The molecule has 2 amide bonds. The molecule has 5 nitrogen and oxygen atoms in total. The van der Waals surface area contributed by atoms with Gasteiger partial charge in [0.15, 0.2) is 0 Å². The van der Waals surface area contributed by atoms with Gasteiger partial charge in [0.05, 0.1) is 7.11 Å². The molecule has 0 bridgehead atoms. The summed E-state index contributed by atoms with van der Waals surface area (Å²) < 4.78 is 45.1. The van der Waals surface area contributed by atoms with Crippen LogP contribution < -0.4 is 15.4 Å². The summed E-state index contributed by atoms with van der Waals surface area (Å²) in [6.07, 6.45) is -3.38. The van der Waals surface area contributed by atoms with E-state index < -0.39 is 12.8 Å². The summed E-state index contributed by atoms with van der Waals surface area (Å²) in [5.74, 6) is 0.761. The largest absolute Gasteiger partial charge is 0.496 e. The molecule has 23 heavy (non-hydrogen) atoms. The molecular weight excluding hydrogens is 313 g/mol. The Hall–Kier alpha value is -1.96. The molecule has 0 saturated heterocycles. The number of benzene rings is 1. The van der Waals surface area contributed by atoms with Gasteiger partial charge in [0.1, 0.15) is 12.4 Å². The lowest BCUT2D eigenvalue weighted by Crippen LogP contribution is -2.37. The second-order valence-corrected chi connectivity index (χ2v) is 4.77. The van der Waals surface area contributed by atoms with E-state index in [1.54, 1.807) is 7.11 Å². The van der Waals surface area contributed by atoms with Crippen molar-refractivity contribution in [2.24, 2.45) is 0 Å². The van der Waals surface area contributed by atoms with Crippen LogP contribution in [-0.2, 0) is 11.2 Å². The lowest BCUT2D eigenvalue weighted by molar-refractivity contribution is -0.173. The Morgan fingerprint density at radius 3 is 2.57 bits per heavy atom. The monoisotopic (exact) mass is 334 g/mol. The molecule has 0 aliphatic rings. The van der Waals surface area contributed by atoms with Crippen LogP contribution in [0.3, 0.4) is 0 Å². The van der Waals surface area contributed by atoms with E-state index in [4.69, 9.17) is 4.74 Å². The molecule has 0 fully saturated rings. The van der Waals surface area contributed by atoms with Gasteiger partial charge in [-0.05, 0) is 24.5 Å². The van der Waals surface area contributed by atoms with E-state index >= 15 is 0 Å². The number of hydrogen-bond acceptors (Lipinski definition) is 3. The molecule has 0 aliphatic heterocycles. The van der Waals surface area contributed by atoms with E-state index in [1.165, 1.54) is 0 Å². The van der Waals surface area contributed by atoms with Gasteiger partial charge in [-0.1, -0.05) is 18.2 Å². The summed E-state index contributed by atoms with van der Waals surface area (Å²) in [5, 5.41) is 5.22. The van der Waals surface area contributed by atoms with E-state index in [2.05, 4.69) is 15.4 Å². The zero-order valence-electron chi connectivity index (χ0n) is 12.9. The Morgan fingerprint density at radius 2 is 1.87 bits per heavy atom. The lowest BCUT2D eigenvalue weighted by Gasteiger charge is -2.10. The first-order valence-corrected chi connectivity index (χ1v) is 7.20. The van der Waals surface area contributed by atoms with Crippen LogP contribution in [0, 0.1) is 0 Å². The molecule has 0 spiro atoms. The molecule has 0 atom stereocenters. The zero-order valence-corrected chi connectivity index (χ0v) is 12.9. The number of hydrogen-bond donors (Lipinski definition) is 2. The quantitative estimate of drug-likeness (QED) is 0.682. The minimum absolute atomic E-state index is 0.0546. The fourth-order valence-corrected chi connectivity index (χ4v) is 1.85. The van der Waals surface area contributed by atoms with Crippen molar-refractivity contribution in [3.05, 3.63) is 29.8 Å². The average Bonchev–Trinajstić information content (AvgIpc) is 2.50. The van der Waals surface area contributed by atoms with Crippen LogP contribution in [0.1, 0.15) is 12.0 Å². The molecule has 2 N–H and O–H groups in total. The van der Waals surface area contributed by atoms with Crippen molar-refractivity contribution >= 4 is 6.03 Å². The zero-order chi connectivity index (χ0) is 17.1. The Morgan fingerprint density at radius 1 is 1.17 bits per heavy atom. The van der Waals surface area contributed by atoms with E-state index in [0.717, 1.165) is 11.3 Å². The van der Waals surface area contributed by atoms with Crippen molar-refractivity contribution in [2.75, 3.05) is 33.4 Å². The number of urea groups is 1. The maximum absolute atomic E-state index is 11.8. The van der Waals surface area contributed by atoms with E-state index in [1.807, 2.05) is 24.3 Å². The van der Waals surface area contributed by atoms with Gasteiger partial charge in [0.2, 0.25) is 0 Å². The number of halogens is 3. The molecule has 8 heteroatoms. The molecule has 0 unspecified atom stereocenters. The van der Waals surface area contributed by atoms with Gasteiger partial charge in [-0.3, -0.25) is 0 Å². The Balaban J connectivity index is 2.08. The first-order valence-electron chi connectivity index (χ1n) is 7.20. The molecule has 0 aromatic heterocycles. The SMILES string of the molecule is COc1ccccc1CCNC(=O)NCCCOCC(F)(F)F. The molecular formula is C15H21F3N2O3. The number of alkyl halides is 3. The van der Waals surface area contributed by atoms with E-state index in [0.29, 0.717) is 19.4 Å². The van der Waals surface area contributed by atoms with Crippen molar-refractivity contribution in [2.45, 2.75) is 19.0 Å². The standard InChI is InChI=1S/C15H21F3N2O3/c1-22-13-6-3-2-5-12(13)7-9-20-14(21)19-8-4-10-23-11-15(16,17)18/h2-3,5-6H,4,7-11H2,1H3,(H2,19,20,21). The van der Waals surface area contributed by atoms with Crippen LogP contribution in [-0.4, -0.2) is 45.6 Å². The molecule has 0 heterocycles. The van der Waals surface area contributed by atoms with Gasteiger partial charge in [-0.2, -0.15) is 13.2 Å². The number of amides is 2. The Bertz CT molecular complexity index is 481. The van der Waals surface area contributed by atoms with Crippen LogP contribution in [0.5, 0.6) is 5.75 Å². The number of carbonyl (C=O) groups is 1. The van der Waals surface area contributed by atoms with Crippen molar-refractivity contribution in [3.63, 3.8) is 0 Å². The summed E-state index contributed by atoms with van der Waals surface area (Å²) in [6, 6.07) is 7.14. The smallest absolute Gasteiger partial charge is 0.411 e. The summed E-state index contributed by atoms with van der Waals surface area (Å²) in [6.45, 7) is -0.645. The summed E-state index contributed by atoms with van der Waals surface area (Å²) in [5.41, 5.74) is 0.982. The Labute approximate surface area is 133 Å². The predicted molar refractivity (Wildman–Crippen MR) is 79.6 cm³/mol. The van der Waals surface area contributed by atoms with Gasteiger partial charge in [0, 0.05) is 19.7 Å². The number of ether oxygens (including phenoxy) is 2. The normalized spacial score (nSPS) is 11.1. The van der Waals surface area contributed by atoms with E-state index in [-0.39, 0.29) is 19.2 Å². The van der Waals surface area contributed by atoms with Gasteiger partial charge in [-0.25, -0.2) is 4.79 Å². The topological polar surface area (TPSA) is 59.6 Å². The molecule has 0 radical (unpaired) electrons. The third kappa shape index (κ3) is 8.92. The minimum Gasteiger partial charge on any atom is -0.496 e. The highest BCUT2D eigenvalue weighted by Crippen LogP contribution is 2.17. The van der Waals surface area contributed by atoms with Crippen molar-refractivity contribution in [1.29, 1.82) is 0 Å². The molecule has 1 aromatic carbocycles. The van der Waals surface area contributed by atoms with Crippen LogP contribution >= 0.6 is 0 Å². The van der Waals surface area contributed by atoms with Gasteiger partial charge < -0.3 is 20.1 Å². The Kier molecular flexibility index (Phi) is 8.25. The number of para-hydroxylation sites is 1. The lowest BCUT2D eigenvalue weighted by atomic mass is 10.1. The van der Waals surface area contributed by atoms with Gasteiger partial charge in [0.25, 0.3) is 0 Å². The van der Waals surface area contributed by atoms with Crippen molar-refractivity contribution in [1.82, 2.24) is 10.6 Å². The molecule has 0 saturated carbocycles. The maximum atomic E-state index is 11.8. The maximum Gasteiger partial charge on any atom is 0.411 e. The summed E-state index contributed by atoms with van der Waals surface area (Å²) in [4.78, 5) is 11.5. The van der Waals surface area contributed by atoms with Gasteiger partial charge >= 0.3 is 12.2 Å². The minimum atomic E-state index is -4.32. The molecule has 1 aromatic rings. The van der Waals surface area contributed by atoms with Crippen LogP contribution in [0.15, 0.2) is 24.3 Å². The van der Waals surface area contributed by atoms with E-state index in [9.17, 15) is 18.0 Å². The first-order chi connectivity index (χ1) is 10.9. The second kappa shape index (κ2) is 9.94.